The molecule has 0 saturated carbocycles. The Morgan fingerprint density at radius 2 is 1.53 bits per heavy atom. The normalized spacial score (nSPS) is 13.9. The summed E-state index contributed by atoms with van der Waals surface area (Å²) in [6, 6.07) is 24.4. The highest BCUT2D eigenvalue weighted by Crippen LogP contribution is 2.26. The summed E-state index contributed by atoms with van der Waals surface area (Å²) in [4.78, 5) is 17.8. The van der Waals surface area contributed by atoms with Crippen LogP contribution in [0.5, 0.6) is 0 Å². The summed E-state index contributed by atoms with van der Waals surface area (Å²) in [5, 5.41) is 4.65. The summed E-state index contributed by atoms with van der Waals surface area (Å²) in [6.45, 7) is 6.86. The Morgan fingerprint density at radius 3 is 2.24 bits per heavy atom. The minimum Gasteiger partial charge on any atom is -0.368 e. The summed E-state index contributed by atoms with van der Waals surface area (Å²) in [6.07, 6.45) is 0. The van der Waals surface area contributed by atoms with Gasteiger partial charge in [0.1, 0.15) is 11.5 Å². The molecule has 1 aliphatic rings. The molecule has 1 aliphatic heterocycles. The second-order valence-electron chi connectivity index (χ2n) is 8.71. The zero-order chi connectivity index (χ0) is 23.7. The van der Waals surface area contributed by atoms with Crippen molar-refractivity contribution in [3.8, 4) is 16.9 Å². The lowest BCUT2D eigenvalue weighted by atomic mass is 10.1. The molecule has 2 heterocycles. The third-order valence-electron chi connectivity index (χ3n) is 6.38. The first kappa shape index (κ1) is 21.9. The number of rotatable bonds is 4. The maximum absolute atomic E-state index is 14.5. The lowest BCUT2D eigenvalue weighted by Gasteiger charge is -2.36. The molecule has 0 bridgehead atoms. The monoisotopic (exact) mass is 454 g/mol. The SMILES string of the molecule is Cc1ccc(-n2nc(-c3ccccc3F)cc2C(=O)N2CCN(c3ccccc3C)CC2)cc1. The fraction of sp³-hybridized carbons (Fsp3) is 0.214. The summed E-state index contributed by atoms with van der Waals surface area (Å²) in [5.74, 6) is -0.456. The molecule has 5 nitrogen and oxygen atoms in total. The Labute approximate surface area is 199 Å². The van der Waals surface area contributed by atoms with Crippen LogP contribution in [0.4, 0.5) is 10.1 Å². The van der Waals surface area contributed by atoms with Gasteiger partial charge in [0.2, 0.25) is 0 Å². The van der Waals surface area contributed by atoms with Gasteiger partial charge < -0.3 is 9.80 Å². The van der Waals surface area contributed by atoms with Crippen LogP contribution in [-0.2, 0) is 0 Å². The van der Waals surface area contributed by atoms with E-state index in [1.807, 2.05) is 48.2 Å². The van der Waals surface area contributed by atoms with E-state index in [1.54, 1.807) is 28.9 Å². The Bertz CT molecular complexity index is 1320. The van der Waals surface area contributed by atoms with Gasteiger partial charge in [-0.25, -0.2) is 9.07 Å². The van der Waals surface area contributed by atoms with Gasteiger partial charge in [0.25, 0.3) is 5.91 Å². The minimum absolute atomic E-state index is 0.0971. The highest BCUT2D eigenvalue weighted by atomic mass is 19.1. The molecule has 6 heteroatoms. The molecule has 0 unspecified atom stereocenters. The molecule has 1 fully saturated rings. The van der Waals surface area contributed by atoms with Crippen molar-refractivity contribution in [3.63, 3.8) is 0 Å². The van der Waals surface area contributed by atoms with Crippen molar-refractivity contribution in [2.45, 2.75) is 13.8 Å². The number of halogens is 1. The van der Waals surface area contributed by atoms with Crippen molar-refractivity contribution >= 4 is 11.6 Å². The van der Waals surface area contributed by atoms with Crippen LogP contribution in [-0.4, -0.2) is 46.8 Å². The van der Waals surface area contributed by atoms with Gasteiger partial charge in [0, 0.05) is 37.4 Å². The number of hydrogen-bond acceptors (Lipinski definition) is 3. The molecule has 0 N–H and O–H groups in total. The number of para-hydroxylation sites is 1. The van der Waals surface area contributed by atoms with Crippen LogP contribution in [0.15, 0.2) is 78.9 Å². The fourth-order valence-corrected chi connectivity index (χ4v) is 4.45. The molecule has 1 amide bonds. The highest BCUT2D eigenvalue weighted by Gasteiger charge is 2.27. The van der Waals surface area contributed by atoms with Crippen LogP contribution in [0.25, 0.3) is 16.9 Å². The number of carbonyl (C=O) groups excluding carboxylic acids is 1. The molecular weight excluding hydrogens is 427 g/mol. The van der Waals surface area contributed by atoms with Gasteiger partial charge in [0.15, 0.2) is 0 Å². The molecule has 5 rings (SSSR count). The molecular formula is C28H27FN4O. The lowest BCUT2D eigenvalue weighted by molar-refractivity contribution is 0.0737. The molecule has 3 aromatic carbocycles. The summed E-state index contributed by atoms with van der Waals surface area (Å²) in [5.41, 5.74) is 5.59. The second-order valence-corrected chi connectivity index (χ2v) is 8.71. The number of nitrogens with zero attached hydrogens (tertiary/aromatic N) is 4. The predicted molar refractivity (Wildman–Crippen MR) is 133 cm³/mol. The van der Waals surface area contributed by atoms with E-state index in [1.165, 1.54) is 17.3 Å². The fourth-order valence-electron chi connectivity index (χ4n) is 4.45. The standard InChI is InChI=1S/C28H27FN4O/c1-20-11-13-22(14-12-20)33-27(19-25(30-33)23-8-4-5-9-24(23)29)28(34)32-17-15-31(16-18-32)26-10-6-3-7-21(26)2/h3-14,19H,15-18H2,1-2H3. The average molecular weight is 455 g/mol. The zero-order valence-electron chi connectivity index (χ0n) is 19.4. The summed E-state index contributed by atoms with van der Waals surface area (Å²) >= 11 is 0. The molecule has 4 aromatic rings. The van der Waals surface area contributed by atoms with Crippen LogP contribution >= 0.6 is 0 Å². The third kappa shape index (κ3) is 4.19. The van der Waals surface area contributed by atoms with Gasteiger partial charge in [0.05, 0.1) is 11.4 Å². The smallest absolute Gasteiger partial charge is 0.272 e. The van der Waals surface area contributed by atoms with E-state index >= 15 is 0 Å². The summed E-state index contributed by atoms with van der Waals surface area (Å²) in [7, 11) is 0. The quantitative estimate of drug-likeness (QED) is 0.423. The molecule has 0 spiro atoms. The maximum atomic E-state index is 14.5. The van der Waals surface area contributed by atoms with Crippen molar-refractivity contribution in [2.24, 2.45) is 0 Å². The molecule has 0 radical (unpaired) electrons. The largest absolute Gasteiger partial charge is 0.368 e. The van der Waals surface area contributed by atoms with Crippen molar-refractivity contribution in [2.75, 3.05) is 31.1 Å². The first-order valence-corrected chi connectivity index (χ1v) is 11.5. The molecule has 1 aromatic heterocycles. The van der Waals surface area contributed by atoms with Gasteiger partial charge in [-0.05, 0) is 55.8 Å². The van der Waals surface area contributed by atoms with E-state index in [-0.39, 0.29) is 11.7 Å². The van der Waals surface area contributed by atoms with Gasteiger partial charge in [-0.15, -0.1) is 0 Å². The number of amides is 1. The number of aromatic nitrogens is 2. The van der Waals surface area contributed by atoms with Crippen LogP contribution in [0, 0.1) is 19.7 Å². The first-order valence-electron chi connectivity index (χ1n) is 11.5. The van der Waals surface area contributed by atoms with Gasteiger partial charge in [-0.1, -0.05) is 48.0 Å². The van der Waals surface area contributed by atoms with Crippen molar-refractivity contribution in [1.29, 1.82) is 0 Å². The minimum atomic E-state index is -0.359. The van der Waals surface area contributed by atoms with Gasteiger partial charge in [-0.2, -0.15) is 5.10 Å². The number of piperazine rings is 1. The van der Waals surface area contributed by atoms with Gasteiger partial charge >= 0.3 is 0 Å². The lowest BCUT2D eigenvalue weighted by Crippen LogP contribution is -2.49. The van der Waals surface area contributed by atoms with Crippen LogP contribution in [0.3, 0.4) is 0 Å². The van der Waals surface area contributed by atoms with Crippen molar-refractivity contribution < 1.29 is 9.18 Å². The van der Waals surface area contributed by atoms with Crippen molar-refractivity contribution in [1.82, 2.24) is 14.7 Å². The van der Waals surface area contributed by atoms with E-state index in [2.05, 4.69) is 29.1 Å². The topological polar surface area (TPSA) is 41.4 Å². The predicted octanol–water partition coefficient (Wildman–Crippen LogP) is 5.26. The molecule has 1 saturated heterocycles. The number of carbonyl (C=O) groups is 1. The summed E-state index contributed by atoms with van der Waals surface area (Å²) < 4.78 is 16.2. The highest BCUT2D eigenvalue weighted by molar-refractivity contribution is 5.94. The zero-order valence-corrected chi connectivity index (χ0v) is 19.4. The number of benzene rings is 3. The van der Waals surface area contributed by atoms with E-state index in [9.17, 15) is 9.18 Å². The van der Waals surface area contributed by atoms with E-state index in [0.29, 0.717) is 30.0 Å². The number of anilines is 1. The molecule has 172 valence electrons. The number of aryl methyl sites for hydroxylation is 2. The van der Waals surface area contributed by atoms with Gasteiger partial charge in [-0.3, -0.25) is 4.79 Å². The molecule has 0 atom stereocenters. The van der Waals surface area contributed by atoms with E-state index in [4.69, 9.17) is 0 Å². The van der Waals surface area contributed by atoms with Crippen molar-refractivity contribution in [3.05, 3.63) is 102 Å². The second kappa shape index (κ2) is 9.14. The third-order valence-corrected chi connectivity index (χ3v) is 6.38. The van der Waals surface area contributed by atoms with E-state index < -0.39 is 0 Å². The molecule has 0 aliphatic carbocycles. The van der Waals surface area contributed by atoms with Crippen LogP contribution < -0.4 is 4.90 Å². The Kier molecular flexibility index (Phi) is 5.88. The molecule has 34 heavy (non-hydrogen) atoms. The Morgan fingerprint density at radius 1 is 0.853 bits per heavy atom. The maximum Gasteiger partial charge on any atom is 0.272 e. The van der Waals surface area contributed by atoms with E-state index in [0.717, 1.165) is 24.3 Å². The van der Waals surface area contributed by atoms with Crippen LogP contribution in [0.2, 0.25) is 0 Å². The first-order chi connectivity index (χ1) is 16.5. The Hall–Kier alpha value is -3.93. The average Bonchev–Trinajstić information content (AvgIpc) is 3.30. The van der Waals surface area contributed by atoms with Crippen LogP contribution in [0.1, 0.15) is 21.6 Å². The number of hydrogen-bond donors (Lipinski definition) is 0. The Balaban J connectivity index is 1.45.